The topological polar surface area (TPSA) is 8.17 Å². The van der Waals surface area contributed by atoms with Crippen LogP contribution in [0.3, 0.4) is 0 Å². The lowest BCUT2D eigenvalue weighted by molar-refractivity contribution is 0.0570. The lowest BCUT2D eigenvalue weighted by atomic mass is 9.84. The van der Waals surface area contributed by atoms with Crippen LogP contribution in [-0.4, -0.2) is 22.6 Å². The molecule has 1 fully saturated rings. The van der Waals surface area contributed by atoms with E-state index in [4.69, 9.17) is 0 Å². The molecule has 0 saturated carbocycles. The summed E-state index contributed by atoms with van der Waals surface area (Å²) in [5.74, 6) is 0. The summed E-state index contributed by atoms with van der Waals surface area (Å²) in [4.78, 5) is 2.75. The molecule has 4 rings (SSSR count). The van der Waals surface area contributed by atoms with Crippen molar-refractivity contribution in [3.05, 3.63) is 35.5 Å². The maximum absolute atomic E-state index is 2.75. The van der Waals surface area contributed by atoms with Crippen LogP contribution in [0.1, 0.15) is 43.9 Å². The second-order valence-corrected chi connectivity index (χ2v) is 6.72. The lowest BCUT2D eigenvalue weighted by Gasteiger charge is -2.44. The SMILES string of the molecule is Cn1c2c(c3ccccc31)CCCN1CCCCC21C. The summed E-state index contributed by atoms with van der Waals surface area (Å²) >= 11 is 0. The molecule has 20 heavy (non-hydrogen) atoms. The Hall–Kier alpha value is -1.28. The number of hydrogen-bond acceptors (Lipinski definition) is 1. The van der Waals surface area contributed by atoms with Gasteiger partial charge in [0.2, 0.25) is 0 Å². The van der Waals surface area contributed by atoms with Gasteiger partial charge < -0.3 is 4.57 Å². The van der Waals surface area contributed by atoms with E-state index in [0.717, 1.165) is 0 Å². The van der Waals surface area contributed by atoms with Gasteiger partial charge in [0.1, 0.15) is 0 Å². The zero-order valence-electron chi connectivity index (χ0n) is 12.7. The molecule has 1 aromatic carbocycles. The minimum Gasteiger partial charge on any atom is -0.346 e. The van der Waals surface area contributed by atoms with Crippen LogP contribution in [0.15, 0.2) is 24.3 Å². The van der Waals surface area contributed by atoms with E-state index in [9.17, 15) is 0 Å². The molecule has 2 aliphatic rings. The highest BCUT2D eigenvalue weighted by molar-refractivity contribution is 5.86. The number of hydrogen-bond donors (Lipinski definition) is 0. The zero-order valence-corrected chi connectivity index (χ0v) is 12.7. The molecule has 0 amide bonds. The van der Waals surface area contributed by atoms with Gasteiger partial charge in [-0.2, -0.15) is 0 Å². The molecule has 106 valence electrons. The summed E-state index contributed by atoms with van der Waals surface area (Å²) in [5.41, 5.74) is 4.87. The van der Waals surface area contributed by atoms with Crippen LogP contribution in [-0.2, 0) is 19.0 Å². The second kappa shape index (κ2) is 4.36. The number of benzene rings is 1. The average molecular weight is 268 g/mol. The van der Waals surface area contributed by atoms with Gasteiger partial charge in [-0.25, -0.2) is 0 Å². The van der Waals surface area contributed by atoms with E-state index in [1.165, 1.54) is 56.1 Å². The molecular weight excluding hydrogens is 244 g/mol. The Kier molecular flexibility index (Phi) is 2.71. The van der Waals surface area contributed by atoms with Crippen LogP contribution >= 0.6 is 0 Å². The van der Waals surface area contributed by atoms with Crippen LogP contribution < -0.4 is 0 Å². The monoisotopic (exact) mass is 268 g/mol. The van der Waals surface area contributed by atoms with Gasteiger partial charge in [0, 0.05) is 23.6 Å². The minimum atomic E-state index is 0.248. The minimum absolute atomic E-state index is 0.248. The maximum atomic E-state index is 2.75. The van der Waals surface area contributed by atoms with E-state index in [2.05, 4.69) is 47.7 Å². The van der Waals surface area contributed by atoms with Gasteiger partial charge in [-0.3, -0.25) is 4.90 Å². The molecule has 3 heterocycles. The van der Waals surface area contributed by atoms with Crippen molar-refractivity contribution in [2.75, 3.05) is 13.1 Å². The number of rotatable bonds is 0. The predicted molar refractivity (Wildman–Crippen MR) is 84.0 cm³/mol. The smallest absolute Gasteiger partial charge is 0.0588 e. The van der Waals surface area contributed by atoms with E-state index in [1.807, 2.05) is 0 Å². The van der Waals surface area contributed by atoms with Gasteiger partial charge in [0.25, 0.3) is 0 Å². The Morgan fingerprint density at radius 3 is 2.75 bits per heavy atom. The maximum Gasteiger partial charge on any atom is 0.0588 e. The third kappa shape index (κ3) is 1.54. The first-order chi connectivity index (χ1) is 9.72. The highest BCUT2D eigenvalue weighted by Crippen LogP contribution is 2.44. The highest BCUT2D eigenvalue weighted by Gasteiger charge is 2.41. The molecular formula is C18H24N2. The van der Waals surface area contributed by atoms with Gasteiger partial charge in [-0.1, -0.05) is 18.2 Å². The molecule has 1 atom stereocenters. The summed E-state index contributed by atoms with van der Waals surface area (Å²) in [6, 6.07) is 8.95. The van der Waals surface area contributed by atoms with Gasteiger partial charge in [-0.15, -0.1) is 0 Å². The van der Waals surface area contributed by atoms with Crippen LogP contribution in [0.2, 0.25) is 0 Å². The molecule has 0 bridgehead atoms. The summed E-state index contributed by atoms with van der Waals surface area (Å²) in [7, 11) is 2.27. The van der Waals surface area contributed by atoms with Crippen LogP contribution in [0.4, 0.5) is 0 Å². The van der Waals surface area contributed by atoms with Gasteiger partial charge >= 0.3 is 0 Å². The number of para-hydroxylation sites is 1. The number of nitrogens with zero attached hydrogens (tertiary/aromatic N) is 2. The molecule has 1 saturated heterocycles. The number of aryl methyl sites for hydroxylation is 2. The third-order valence-corrected chi connectivity index (χ3v) is 5.62. The van der Waals surface area contributed by atoms with Crippen molar-refractivity contribution in [2.45, 2.75) is 44.6 Å². The van der Waals surface area contributed by atoms with Crippen molar-refractivity contribution >= 4 is 10.9 Å². The Morgan fingerprint density at radius 1 is 1.05 bits per heavy atom. The fourth-order valence-electron chi connectivity index (χ4n) is 4.66. The Balaban J connectivity index is 2.02. The molecule has 0 radical (unpaired) electrons. The van der Waals surface area contributed by atoms with Crippen molar-refractivity contribution in [3.8, 4) is 0 Å². The molecule has 2 heteroatoms. The quantitative estimate of drug-likeness (QED) is 0.705. The van der Waals surface area contributed by atoms with Crippen molar-refractivity contribution in [1.82, 2.24) is 9.47 Å². The second-order valence-electron chi connectivity index (χ2n) is 6.72. The molecule has 1 aromatic heterocycles. The first kappa shape index (κ1) is 12.5. The van der Waals surface area contributed by atoms with E-state index < -0.39 is 0 Å². The molecule has 1 unspecified atom stereocenters. The molecule has 2 aliphatic heterocycles. The van der Waals surface area contributed by atoms with Gasteiger partial charge in [0.15, 0.2) is 0 Å². The van der Waals surface area contributed by atoms with Crippen molar-refractivity contribution in [2.24, 2.45) is 7.05 Å². The Bertz CT molecular complexity index is 655. The highest BCUT2D eigenvalue weighted by atomic mass is 15.2. The van der Waals surface area contributed by atoms with E-state index >= 15 is 0 Å². The van der Waals surface area contributed by atoms with E-state index in [1.54, 1.807) is 11.3 Å². The Labute approximate surface area is 121 Å². The first-order valence-electron chi connectivity index (χ1n) is 8.03. The molecule has 0 spiro atoms. The number of piperidine rings is 1. The van der Waals surface area contributed by atoms with Gasteiger partial charge in [0.05, 0.1) is 5.54 Å². The van der Waals surface area contributed by atoms with Crippen molar-refractivity contribution in [3.63, 3.8) is 0 Å². The van der Waals surface area contributed by atoms with Crippen molar-refractivity contribution < 1.29 is 0 Å². The lowest BCUT2D eigenvalue weighted by Crippen LogP contribution is -2.48. The van der Waals surface area contributed by atoms with E-state index in [0.29, 0.717) is 0 Å². The van der Waals surface area contributed by atoms with Crippen molar-refractivity contribution in [1.29, 1.82) is 0 Å². The molecule has 0 aliphatic carbocycles. The largest absolute Gasteiger partial charge is 0.346 e. The fourth-order valence-corrected chi connectivity index (χ4v) is 4.66. The molecule has 2 nitrogen and oxygen atoms in total. The zero-order chi connectivity index (χ0) is 13.7. The van der Waals surface area contributed by atoms with Crippen LogP contribution in [0, 0.1) is 0 Å². The summed E-state index contributed by atoms with van der Waals surface area (Å²) < 4.78 is 2.48. The fraction of sp³-hybridized carbons (Fsp3) is 0.556. The first-order valence-corrected chi connectivity index (χ1v) is 8.03. The third-order valence-electron chi connectivity index (χ3n) is 5.62. The number of aromatic nitrogens is 1. The average Bonchev–Trinajstić information content (AvgIpc) is 2.65. The summed E-state index contributed by atoms with van der Waals surface area (Å²) in [6.07, 6.45) is 6.59. The standard InChI is InChI=1S/C18H24N2/c1-18-11-5-6-12-20(18)13-7-9-15-14-8-3-4-10-16(14)19(2)17(15)18/h3-4,8,10H,5-7,9,11-13H2,1-2H3. The van der Waals surface area contributed by atoms with E-state index in [-0.39, 0.29) is 5.54 Å². The van der Waals surface area contributed by atoms with Gasteiger partial charge in [-0.05, 0) is 63.7 Å². The molecule has 2 aromatic rings. The number of fused-ring (bicyclic) bond motifs is 5. The normalized spacial score (nSPS) is 27.1. The Morgan fingerprint density at radius 2 is 1.85 bits per heavy atom. The predicted octanol–water partition coefficient (Wildman–Crippen LogP) is 3.83. The summed E-state index contributed by atoms with van der Waals surface area (Å²) in [6.45, 7) is 5.02. The van der Waals surface area contributed by atoms with Crippen LogP contribution in [0.25, 0.3) is 10.9 Å². The molecule has 0 N–H and O–H groups in total. The summed E-state index contributed by atoms with van der Waals surface area (Å²) in [5, 5.41) is 1.48. The van der Waals surface area contributed by atoms with Crippen LogP contribution in [0.5, 0.6) is 0 Å².